The normalized spacial score (nSPS) is 10.9. The molecular weight excluding hydrogens is 330 g/mol. The molecule has 0 fully saturated rings. The number of anilines is 1. The summed E-state index contributed by atoms with van der Waals surface area (Å²) in [5.74, 6) is 1.65. The van der Waals surface area contributed by atoms with Crippen molar-refractivity contribution in [2.75, 3.05) is 12.4 Å². The lowest BCUT2D eigenvalue weighted by molar-refractivity contribution is 0.102. The largest absolute Gasteiger partial charge is 0.339 e. The molecule has 0 atom stereocenters. The van der Waals surface area contributed by atoms with Crippen molar-refractivity contribution in [3.8, 4) is 0 Å². The first-order chi connectivity index (χ1) is 12.6. The number of nitrogens with one attached hydrogen (secondary N) is 1. The monoisotopic (exact) mass is 351 g/mol. The highest BCUT2D eigenvalue weighted by Crippen LogP contribution is 2.11. The molecule has 2 heterocycles. The van der Waals surface area contributed by atoms with Crippen LogP contribution in [0.15, 0.2) is 53.2 Å². The molecule has 3 aromatic rings. The lowest BCUT2D eigenvalue weighted by atomic mass is 10.1. The molecule has 7 nitrogen and oxygen atoms in total. The predicted molar refractivity (Wildman–Crippen MR) is 97.5 cm³/mol. The second kappa shape index (κ2) is 8.35. The van der Waals surface area contributed by atoms with Crippen molar-refractivity contribution in [2.24, 2.45) is 0 Å². The maximum absolute atomic E-state index is 12.4. The fraction of sp³-hybridized carbons (Fsp3) is 0.263. The predicted octanol–water partition coefficient (Wildman–Crippen LogP) is 2.91. The second-order valence-electron chi connectivity index (χ2n) is 6.00. The van der Waals surface area contributed by atoms with E-state index in [9.17, 15) is 4.79 Å². The topological polar surface area (TPSA) is 84.2 Å². The quantitative estimate of drug-likeness (QED) is 0.704. The number of carbonyl (C=O) groups excluding carboxylic acids is 1. The van der Waals surface area contributed by atoms with Gasteiger partial charge in [0.05, 0.1) is 6.54 Å². The zero-order valence-corrected chi connectivity index (χ0v) is 14.8. The van der Waals surface area contributed by atoms with E-state index in [0.29, 0.717) is 36.2 Å². The van der Waals surface area contributed by atoms with Gasteiger partial charge in [-0.05, 0) is 36.9 Å². The molecular formula is C19H21N5O2. The highest BCUT2D eigenvalue weighted by atomic mass is 16.5. The standard InChI is InChI=1S/C19H21N5O2/c1-3-18-21-17(23-26-18)13-24(2)12-14-7-6-8-15(11-14)19(25)22-16-9-4-5-10-20-16/h4-11H,3,12-13H2,1-2H3,(H,20,22,25). The van der Waals surface area contributed by atoms with Crippen LogP contribution in [0.1, 0.15) is 34.6 Å². The second-order valence-corrected chi connectivity index (χ2v) is 6.00. The van der Waals surface area contributed by atoms with Gasteiger partial charge in [0.25, 0.3) is 5.91 Å². The van der Waals surface area contributed by atoms with Gasteiger partial charge in [0.2, 0.25) is 5.89 Å². The zero-order chi connectivity index (χ0) is 18.4. The summed E-state index contributed by atoms with van der Waals surface area (Å²) in [7, 11) is 1.97. The number of amides is 1. The molecule has 0 aliphatic carbocycles. The molecule has 7 heteroatoms. The van der Waals surface area contributed by atoms with Crippen LogP contribution in [0.3, 0.4) is 0 Å². The first kappa shape index (κ1) is 17.8. The number of aromatic nitrogens is 3. The van der Waals surface area contributed by atoms with E-state index in [2.05, 4.69) is 25.3 Å². The average Bonchev–Trinajstić information content (AvgIpc) is 3.10. The fourth-order valence-electron chi connectivity index (χ4n) is 2.54. The SMILES string of the molecule is CCc1nc(CN(C)Cc2cccc(C(=O)Nc3ccccn3)c2)no1. The summed E-state index contributed by atoms with van der Waals surface area (Å²) in [4.78, 5) is 22.9. The van der Waals surface area contributed by atoms with Crippen molar-refractivity contribution in [3.63, 3.8) is 0 Å². The molecule has 0 spiro atoms. The molecule has 1 aromatic carbocycles. The lowest BCUT2D eigenvalue weighted by Crippen LogP contribution is -2.19. The number of benzene rings is 1. The third-order valence-corrected chi connectivity index (χ3v) is 3.77. The first-order valence-electron chi connectivity index (χ1n) is 8.45. The fourth-order valence-corrected chi connectivity index (χ4v) is 2.54. The van der Waals surface area contributed by atoms with Crippen molar-refractivity contribution >= 4 is 11.7 Å². The Morgan fingerprint density at radius 3 is 2.81 bits per heavy atom. The number of pyridine rings is 1. The number of hydrogen-bond acceptors (Lipinski definition) is 6. The Morgan fingerprint density at radius 1 is 1.19 bits per heavy atom. The maximum atomic E-state index is 12.4. The van der Waals surface area contributed by atoms with Crippen LogP contribution in [0.4, 0.5) is 5.82 Å². The van der Waals surface area contributed by atoms with Crippen molar-refractivity contribution in [2.45, 2.75) is 26.4 Å². The summed E-state index contributed by atoms with van der Waals surface area (Å²) < 4.78 is 5.13. The number of carbonyl (C=O) groups is 1. The first-order valence-corrected chi connectivity index (χ1v) is 8.45. The molecule has 1 N–H and O–H groups in total. The summed E-state index contributed by atoms with van der Waals surface area (Å²) in [6.45, 7) is 3.22. The third-order valence-electron chi connectivity index (χ3n) is 3.77. The Balaban J connectivity index is 1.62. The summed E-state index contributed by atoms with van der Waals surface area (Å²) in [6, 6.07) is 12.9. The zero-order valence-electron chi connectivity index (χ0n) is 14.8. The molecule has 0 saturated carbocycles. The van der Waals surface area contributed by atoms with Crippen LogP contribution in [-0.2, 0) is 19.5 Å². The van der Waals surface area contributed by atoms with Gasteiger partial charge in [-0.1, -0.05) is 30.3 Å². The molecule has 0 aliphatic rings. The van der Waals surface area contributed by atoms with Gasteiger partial charge in [-0.25, -0.2) is 4.98 Å². The van der Waals surface area contributed by atoms with E-state index in [1.807, 2.05) is 38.2 Å². The van der Waals surface area contributed by atoms with Crippen LogP contribution in [0, 0.1) is 0 Å². The Hall–Kier alpha value is -3.06. The lowest BCUT2D eigenvalue weighted by Gasteiger charge is -2.15. The number of aryl methyl sites for hydroxylation is 1. The molecule has 1 amide bonds. The van der Waals surface area contributed by atoms with Gasteiger partial charge in [-0.3, -0.25) is 9.69 Å². The van der Waals surface area contributed by atoms with E-state index in [0.717, 1.165) is 12.0 Å². The van der Waals surface area contributed by atoms with Crippen LogP contribution >= 0.6 is 0 Å². The molecule has 0 radical (unpaired) electrons. The van der Waals surface area contributed by atoms with E-state index in [4.69, 9.17) is 4.52 Å². The molecule has 0 bridgehead atoms. The van der Waals surface area contributed by atoms with Gasteiger partial charge in [0, 0.05) is 24.7 Å². The molecule has 3 rings (SSSR count). The minimum Gasteiger partial charge on any atom is -0.339 e. The molecule has 2 aromatic heterocycles. The number of rotatable bonds is 7. The Labute approximate surface area is 152 Å². The van der Waals surface area contributed by atoms with E-state index in [-0.39, 0.29) is 5.91 Å². The van der Waals surface area contributed by atoms with Crippen LogP contribution in [0.5, 0.6) is 0 Å². The molecule has 134 valence electrons. The average molecular weight is 351 g/mol. The van der Waals surface area contributed by atoms with E-state index >= 15 is 0 Å². The van der Waals surface area contributed by atoms with Gasteiger partial charge in [-0.15, -0.1) is 0 Å². The molecule has 0 unspecified atom stereocenters. The Kier molecular flexibility index (Phi) is 5.70. The summed E-state index contributed by atoms with van der Waals surface area (Å²) in [5.41, 5.74) is 1.62. The summed E-state index contributed by atoms with van der Waals surface area (Å²) >= 11 is 0. The Bertz CT molecular complexity index is 863. The number of hydrogen-bond donors (Lipinski definition) is 1. The third kappa shape index (κ3) is 4.73. The van der Waals surface area contributed by atoms with Crippen LogP contribution in [0.2, 0.25) is 0 Å². The summed E-state index contributed by atoms with van der Waals surface area (Å²) in [5, 5.41) is 6.75. The van der Waals surface area contributed by atoms with Gasteiger partial charge in [0.1, 0.15) is 5.82 Å². The number of nitrogens with zero attached hydrogens (tertiary/aromatic N) is 4. The molecule has 26 heavy (non-hydrogen) atoms. The minimum absolute atomic E-state index is 0.182. The highest BCUT2D eigenvalue weighted by molar-refractivity contribution is 6.03. The molecule has 0 saturated heterocycles. The van der Waals surface area contributed by atoms with Crippen molar-refractivity contribution in [1.29, 1.82) is 0 Å². The summed E-state index contributed by atoms with van der Waals surface area (Å²) in [6.07, 6.45) is 2.37. The van der Waals surface area contributed by atoms with Crippen molar-refractivity contribution in [3.05, 3.63) is 71.5 Å². The van der Waals surface area contributed by atoms with Gasteiger partial charge in [-0.2, -0.15) is 4.98 Å². The Morgan fingerprint density at radius 2 is 2.08 bits per heavy atom. The van der Waals surface area contributed by atoms with Gasteiger partial charge < -0.3 is 9.84 Å². The smallest absolute Gasteiger partial charge is 0.256 e. The van der Waals surface area contributed by atoms with E-state index in [1.165, 1.54) is 0 Å². The molecule has 0 aliphatic heterocycles. The van der Waals surface area contributed by atoms with Crippen LogP contribution in [-0.4, -0.2) is 33.0 Å². The maximum Gasteiger partial charge on any atom is 0.256 e. The van der Waals surface area contributed by atoms with Gasteiger partial charge >= 0.3 is 0 Å². The van der Waals surface area contributed by atoms with E-state index in [1.54, 1.807) is 24.4 Å². The van der Waals surface area contributed by atoms with Crippen molar-refractivity contribution in [1.82, 2.24) is 20.0 Å². The van der Waals surface area contributed by atoms with Crippen LogP contribution in [0.25, 0.3) is 0 Å². The van der Waals surface area contributed by atoms with Gasteiger partial charge in [0.15, 0.2) is 5.82 Å². The minimum atomic E-state index is -0.182. The van der Waals surface area contributed by atoms with Crippen LogP contribution < -0.4 is 5.32 Å². The van der Waals surface area contributed by atoms with E-state index < -0.39 is 0 Å². The van der Waals surface area contributed by atoms with Crippen molar-refractivity contribution < 1.29 is 9.32 Å². The highest BCUT2D eigenvalue weighted by Gasteiger charge is 2.11.